The van der Waals surface area contributed by atoms with E-state index in [-0.39, 0.29) is 18.6 Å². The van der Waals surface area contributed by atoms with E-state index in [1.165, 1.54) is 0 Å². The van der Waals surface area contributed by atoms with Crippen molar-refractivity contribution in [2.75, 3.05) is 13.1 Å². The summed E-state index contributed by atoms with van der Waals surface area (Å²) >= 11 is 0. The van der Waals surface area contributed by atoms with Crippen LogP contribution >= 0.6 is 0 Å². The molecule has 0 aliphatic heterocycles. The van der Waals surface area contributed by atoms with Gasteiger partial charge in [-0.15, -0.1) is 6.54 Å². The van der Waals surface area contributed by atoms with Crippen LogP contribution in [0.1, 0.15) is 34.6 Å². The molecule has 0 saturated carbocycles. The average Bonchev–Trinajstić information content (AvgIpc) is 1.92. The number of nitrogens with one attached hydrogen (secondary N) is 1. The normalized spacial score (nSPS) is 8.18. The van der Waals surface area contributed by atoms with Crippen LogP contribution in [-0.2, 0) is 18.6 Å². The van der Waals surface area contributed by atoms with Crippen molar-refractivity contribution in [3.8, 4) is 0 Å². The zero-order chi connectivity index (χ0) is 8.41. The molecule has 0 bridgehead atoms. The van der Waals surface area contributed by atoms with Gasteiger partial charge in [0.2, 0.25) is 0 Å². The molecule has 69 valence electrons. The molecule has 0 atom stereocenters. The molecule has 0 unspecified atom stereocenters. The predicted molar refractivity (Wildman–Crippen MR) is 49.0 cm³/mol. The van der Waals surface area contributed by atoms with Crippen LogP contribution in [-0.4, -0.2) is 13.1 Å². The minimum Gasteiger partial charge on any atom is -0.346 e. The van der Waals surface area contributed by atoms with E-state index in [0.29, 0.717) is 5.92 Å². The summed E-state index contributed by atoms with van der Waals surface area (Å²) in [5, 5.41) is 3.22. The summed E-state index contributed by atoms with van der Waals surface area (Å²) in [7, 11) is 0. The zero-order valence-electron chi connectivity index (χ0n) is 8.52. The van der Waals surface area contributed by atoms with Crippen molar-refractivity contribution in [1.82, 2.24) is 5.32 Å². The molecule has 0 aliphatic rings. The van der Waals surface area contributed by atoms with Gasteiger partial charge in [-0.3, -0.25) is 0 Å². The molecule has 0 aromatic heterocycles. The second-order valence-corrected chi connectivity index (χ2v) is 2.29. The number of hydrogen-bond acceptors (Lipinski definition) is 1. The fraction of sp³-hybridized carbons (Fsp3) is 0.889. The van der Waals surface area contributed by atoms with Crippen molar-refractivity contribution in [3.63, 3.8) is 0 Å². The van der Waals surface area contributed by atoms with Gasteiger partial charge in [0.1, 0.15) is 0 Å². The van der Waals surface area contributed by atoms with E-state index in [2.05, 4.69) is 32.5 Å². The van der Waals surface area contributed by atoms with Gasteiger partial charge in [-0.05, 0) is 6.54 Å². The first-order valence-corrected chi connectivity index (χ1v) is 4.31. The third-order valence-corrected chi connectivity index (χ3v) is 0.984. The van der Waals surface area contributed by atoms with Gasteiger partial charge in [0.25, 0.3) is 0 Å². The van der Waals surface area contributed by atoms with Gasteiger partial charge in [-0.25, -0.2) is 0 Å². The fourth-order valence-electron chi connectivity index (χ4n) is 0.463. The van der Waals surface area contributed by atoms with Crippen molar-refractivity contribution >= 4 is 0 Å². The summed E-state index contributed by atoms with van der Waals surface area (Å²) in [5.41, 5.74) is 0. The van der Waals surface area contributed by atoms with Crippen LogP contribution in [0.3, 0.4) is 0 Å². The summed E-state index contributed by atoms with van der Waals surface area (Å²) in [4.78, 5) is 0. The Morgan fingerprint density at radius 2 is 1.73 bits per heavy atom. The largest absolute Gasteiger partial charge is 0.346 e. The molecule has 0 spiro atoms. The SMILES string of the molecule is CC.CCNC[CH-]C(C)C.[V]. The molecule has 0 aromatic carbocycles. The van der Waals surface area contributed by atoms with Gasteiger partial charge < -0.3 is 11.7 Å². The van der Waals surface area contributed by atoms with E-state index in [1.807, 2.05) is 13.8 Å². The van der Waals surface area contributed by atoms with Gasteiger partial charge in [-0.1, -0.05) is 34.6 Å². The third kappa shape index (κ3) is 25.0. The maximum atomic E-state index is 3.22. The van der Waals surface area contributed by atoms with E-state index >= 15 is 0 Å². The van der Waals surface area contributed by atoms with Crippen LogP contribution in [0.25, 0.3) is 0 Å². The quantitative estimate of drug-likeness (QED) is 0.536. The van der Waals surface area contributed by atoms with Crippen LogP contribution in [0.15, 0.2) is 0 Å². The Labute approximate surface area is 84.2 Å². The Morgan fingerprint density at radius 1 is 1.27 bits per heavy atom. The molecule has 0 amide bonds. The summed E-state index contributed by atoms with van der Waals surface area (Å²) in [5.74, 6) is 0.717. The molecule has 0 rings (SSSR count). The average molecular weight is 195 g/mol. The molecule has 1 N–H and O–H groups in total. The van der Waals surface area contributed by atoms with E-state index in [9.17, 15) is 0 Å². The van der Waals surface area contributed by atoms with Gasteiger partial charge in [-0.2, -0.15) is 5.92 Å². The monoisotopic (exact) mass is 195 g/mol. The van der Waals surface area contributed by atoms with Crippen molar-refractivity contribution in [1.29, 1.82) is 0 Å². The first-order valence-electron chi connectivity index (χ1n) is 4.31. The van der Waals surface area contributed by atoms with Crippen LogP contribution < -0.4 is 5.32 Å². The fourth-order valence-corrected chi connectivity index (χ4v) is 0.463. The van der Waals surface area contributed by atoms with Crippen LogP contribution in [0.5, 0.6) is 0 Å². The summed E-state index contributed by atoms with van der Waals surface area (Å²) in [6, 6.07) is 0. The van der Waals surface area contributed by atoms with Gasteiger partial charge in [0.05, 0.1) is 0 Å². The summed E-state index contributed by atoms with van der Waals surface area (Å²) in [6.45, 7) is 12.6. The minimum absolute atomic E-state index is 0. The van der Waals surface area contributed by atoms with Gasteiger partial charge in [0, 0.05) is 18.6 Å². The maximum absolute atomic E-state index is 3.22. The smallest absolute Gasteiger partial charge is 0 e. The Balaban J connectivity index is -0.000000196. The molecule has 1 radical (unpaired) electrons. The Bertz CT molecular complexity index is 46.8. The predicted octanol–water partition coefficient (Wildman–Crippen LogP) is 2.48. The summed E-state index contributed by atoms with van der Waals surface area (Å²) < 4.78 is 0. The zero-order valence-corrected chi connectivity index (χ0v) is 9.91. The second-order valence-electron chi connectivity index (χ2n) is 2.29. The number of rotatable bonds is 4. The number of hydrogen-bond donors (Lipinski definition) is 1. The Hall–Kier alpha value is 0.544. The van der Waals surface area contributed by atoms with Crippen LogP contribution in [0.2, 0.25) is 0 Å². The van der Waals surface area contributed by atoms with Gasteiger partial charge >= 0.3 is 0 Å². The van der Waals surface area contributed by atoms with Crippen molar-refractivity contribution in [2.45, 2.75) is 34.6 Å². The van der Waals surface area contributed by atoms with E-state index < -0.39 is 0 Å². The maximum Gasteiger partial charge on any atom is 0 e. The van der Waals surface area contributed by atoms with Crippen molar-refractivity contribution in [3.05, 3.63) is 6.42 Å². The molecule has 2 heteroatoms. The molecule has 0 saturated heterocycles. The van der Waals surface area contributed by atoms with E-state index in [0.717, 1.165) is 13.1 Å². The molecule has 0 aromatic rings. The van der Waals surface area contributed by atoms with Crippen LogP contribution in [0.4, 0.5) is 0 Å². The minimum atomic E-state index is 0. The first-order chi connectivity index (χ1) is 4.77. The first kappa shape index (κ1) is 17.6. The standard InChI is InChI=1S/C7H16N.C2H6.V/c1-4-8-6-5-7(2)3;1-2;/h5,7-8H,4,6H2,1-3H3;1-2H3;/q-1;;. The third-order valence-electron chi connectivity index (χ3n) is 0.984. The summed E-state index contributed by atoms with van der Waals surface area (Å²) in [6.07, 6.45) is 2.27. The van der Waals surface area contributed by atoms with Gasteiger partial charge in [0.15, 0.2) is 0 Å². The topological polar surface area (TPSA) is 12.0 Å². The van der Waals surface area contributed by atoms with E-state index in [4.69, 9.17) is 0 Å². The van der Waals surface area contributed by atoms with E-state index in [1.54, 1.807) is 0 Å². The molecule has 11 heavy (non-hydrogen) atoms. The molecule has 0 aliphatic carbocycles. The Kier molecular flexibility index (Phi) is 27.0. The molecular formula is C9H22NV-. The van der Waals surface area contributed by atoms with Crippen molar-refractivity contribution in [2.24, 2.45) is 5.92 Å². The molecule has 1 nitrogen and oxygen atoms in total. The molecular weight excluding hydrogens is 173 g/mol. The van der Waals surface area contributed by atoms with Crippen LogP contribution in [0, 0.1) is 12.3 Å². The van der Waals surface area contributed by atoms with Crippen molar-refractivity contribution < 1.29 is 18.6 Å². The molecule has 0 fully saturated rings. The molecule has 0 heterocycles. The second kappa shape index (κ2) is 16.9. The Morgan fingerprint density at radius 3 is 2.00 bits per heavy atom.